The molecule has 0 fully saturated rings. The minimum Gasteiger partial charge on any atom is -0.508 e. The van der Waals surface area contributed by atoms with E-state index in [4.69, 9.17) is 0 Å². The molecule has 0 saturated carbocycles. The molecule has 3 aromatic carbocycles. The van der Waals surface area contributed by atoms with E-state index < -0.39 is 0 Å². The number of rotatable bonds is 3. The van der Waals surface area contributed by atoms with Gasteiger partial charge in [-0.15, -0.1) is 5.10 Å². The van der Waals surface area contributed by atoms with E-state index in [0.717, 1.165) is 18.8 Å². The summed E-state index contributed by atoms with van der Waals surface area (Å²) in [4.78, 5) is 0.491. The van der Waals surface area contributed by atoms with Crippen LogP contribution in [0.5, 0.6) is 11.5 Å². The molecule has 0 spiro atoms. The Morgan fingerprint density at radius 3 is 2.19 bits per heavy atom. The molecular formula is C22H22N6O2S. The highest BCUT2D eigenvalue weighted by molar-refractivity contribution is 7.99. The third-order valence-electron chi connectivity index (χ3n) is 4.60. The molecule has 4 N–H and O–H groups in total. The van der Waals surface area contributed by atoms with E-state index in [1.165, 1.54) is 35.3 Å². The maximum absolute atomic E-state index is 9.97. The van der Waals surface area contributed by atoms with Crippen molar-refractivity contribution in [1.29, 1.82) is 0 Å². The number of phenolic OH excluding ortho intramolecular Hbond substituents is 2. The number of fused-ring (bicyclic) bond motifs is 1. The Hall–Kier alpha value is -3.72. The number of hydrogen-bond acceptors (Lipinski definition) is 8. The van der Waals surface area contributed by atoms with Crippen LogP contribution in [0, 0.1) is 6.92 Å². The number of nitrogens with one attached hydrogen (secondary N) is 2. The fourth-order valence-corrected chi connectivity index (χ4v) is 3.84. The molecule has 0 saturated heterocycles. The summed E-state index contributed by atoms with van der Waals surface area (Å²) in [7, 11) is 0. The van der Waals surface area contributed by atoms with Gasteiger partial charge in [0.15, 0.2) is 0 Å². The zero-order valence-electron chi connectivity index (χ0n) is 16.9. The van der Waals surface area contributed by atoms with Crippen LogP contribution in [0.25, 0.3) is 5.69 Å². The summed E-state index contributed by atoms with van der Waals surface area (Å²) >= 11 is 1.18. The third-order valence-corrected chi connectivity index (χ3v) is 5.59. The van der Waals surface area contributed by atoms with Gasteiger partial charge in [0.05, 0.1) is 22.0 Å². The number of aromatic nitrogens is 4. The molecule has 31 heavy (non-hydrogen) atoms. The zero-order valence-corrected chi connectivity index (χ0v) is 17.7. The van der Waals surface area contributed by atoms with Crippen LogP contribution in [0.3, 0.4) is 0 Å². The van der Waals surface area contributed by atoms with Crippen molar-refractivity contribution < 1.29 is 10.2 Å². The third kappa shape index (κ3) is 4.89. The van der Waals surface area contributed by atoms with Crippen molar-refractivity contribution in [2.75, 3.05) is 23.7 Å². The van der Waals surface area contributed by atoms with E-state index in [-0.39, 0.29) is 11.5 Å². The second-order valence-corrected chi connectivity index (χ2v) is 7.83. The molecule has 0 amide bonds. The Bertz CT molecular complexity index is 1140. The van der Waals surface area contributed by atoms with Gasteiger partial charge < -0.3 is 20.8 Å². The minimum atomic E-state index is 0.0814. The van der Waals surface area contributed by atoms with Crippen LogP contribution in [0.1, 0.15) is 5.56 Å². The summed E-state index contributed by atoms with van der Waals surface area (Å²) in [5, 5.41) is 38.4. The lowest BCUT2D eigenvalue weighted by Gasteiger charge is -2.18. The predicted octanol–water partition coefficient (Wildman–Crippen LogP) is 4.06. The normalized spacial score (nSPS) is 12.0. The fourth-order valence-electron chi connectivity index (χ4n) is 3.00. The van der Waals surface area contributed by atoms with Crippen molar-refractivity contribution in [1.82, 2.24) is 20.2 Å². The first-order chi connectivity index (χ1) is 15.1. The average molecular weight is 435 g/mol. The first-order valence-electron chi connectivity index (χ1n) is 9.73. The van der Waals surface area contributed by atoms with E-state index >= 15 is 0 Å². The second-order valence-electron chi connectivity index (χ2n) is 6.82. The first kappa shape index (κ1) is 20.5. The van der Waals surface area contributed by atoms with Crippen LogP contribution < -0.4 is 10.6 Å². The maximum atomic E-state index is 9.97. The number of phenols is 2. The molecule has 0 bridgehead atoms. The molecule has 5 rings (SSSR count). The van der Waals surface area contributed by atoms with Crippen molar-refractivity contribution in [3.8, 4) is 17.2 Å². The van der Waals surface area contributed by atoms with Crippen LogP contribution in [0.4, 0.5) is 11.4 Å². The van der Waals surface area contributed by atoms with Crippen LogP contribution in [0.15, 0.2) is 76.8 Å². The zero-order chi connectivity index (χ0) is 21.6. The molecular weight excluding hydrogens is 412 g/mol. The van der Waals surface area contributed by atoms with Crippen molar-refractivity contribution in [3.63, 3.8) is 0 Å². The first-order valence-corrected chi connectivity index (χ1v) is 10.5. The number of anilines is 2. The highest BCUT2D eigenvalue weighted by Gasteiger charge is 2.14. The lowest BCUT2D eigenvalue weighted by Crippen LogP contribution is -2.19. The molecule has 9 heteroatoms. The molecule has 0 atom stereocenters. The highest BCUT2D eigenvalue weighted by Crippen LogP contribution is 2.37. The lowest BCUT2D eigenvalue weighted by atomic mass is 10.2. The second kappa shape index (κ2) is 9.40. The Kier molecular flexibility index (Phi) is 6.23. The largest absolute Gasteiger partial charge is 0.508 e. The molecule has 0 aliphatic carbocycles. The van der Waals surface area contributed by atoms with Crippen molar-refractivity contribution in [2.24, 2.45) is 0 Å². The van der Waals surface area contributed by atoms with Crippen molar-refractivity contribution in [2.45, 2.75) is 17.0 Å². The van der Waals surface area contributed by atoms with Crippen LogP contribution in [-0.4, -0.2) is 43.5 Å². The number of benzene rings is 3. The van der Waals surface area contributed by atoms with E-state index in [1.807, 2.05) is 42.5 Å². The maximum Gasteiger partial charge on any atom is 0.219 e. The van der Waals surface area contributed by atoms with Gasteiger partial charge in [-0.1, -0.05) is 30.3 Å². The number of nitrogens with zero attached hydrogens (tertiary/aromatic N) is 4. The van der Waals surface area contributed by atoms with Crippen LogP contribution >= 0.6 is 11.8 Å². The van der Waals surface area contributed by atoms with Crippen molar-refractivity contribution in [3.05, 3.63) is 72.3 Å². The SMILES string of the molecule is Cc1cc(O)c(Sc2nnnn2-c2ccccc2)cc1O.c1ccc2c(c1)NCCN2. The summed E-state index contributed by atoms with van der Waals surface area (Å²) in [6, 6.07) is 20.7. The summed E-state index contributed by atoms with van der Waals surface area (Å²) in [5.41, 5.74) is 3.86. The van der Waals surface area contributed by atoms with Gasteiger partial charge in [0.2, 0.25) is 5.16 Å². The number of aromatic hydroxyl groups is 2. The highest BCUT2D eigenvalue weighted by atomic mass is 32.2. The monoisotopic (exact) mass is 434 g/mol. The number of aryl methyl sites for hydroxylation is 1. The van der Waals surface area contributed by atoms with Gasteiger partial charge in [-0.3, -0.25) is 0 Å². The Balaban J connectivity index is 0.000000192. The minimum absolute atomic E-state index is 0.0814. The number of para-hydroxylation sites is 3. The Labute approximate surface area is 183 Å². The van der Waals surface area contributed by atoms with Crippen molar-refractivity contribution >= 4 is 23.1 Å². The average Bonchev–Trinajstić information content (AvgIpc) is 3.27. The number of hydrogen-bond donors (Lipinski definition) is 4. The molecule has 1 aliphatic rings. The van der Waals surface area contributed by atoms with Gasteiger partial charge in [-0.05, 0) is 71.1 Å². The van der Waals surface area contributed by atoms with Gasteiger partial charge in [0.25, 0.3) is 0 Å². The van der Waals surface area contributed by atoms with E-state index in [9.17, 15) is 10.2 Å². The smallest absolute Gasteiger partial charge is 0.219 e. The Morgan fingerprint density at radius 1 is 0.871 bits per heavy atom. The fraction of sp³-hybridized carbons (Fsp3) is 0.136. The molecule has 4 aromatic rings. The Morgan fingerprint density at radius 2 is 1.52 bits per heavy atom. The van der Waals surface area contributed by atoms with Gasteiger partial charge in [-0.2, -0.15) is 4.68 Å². The van der Waals surface area contributed by atoms with Crippen LogP contribution in [-0.2, 0) is 0 Å². The molecule has 0 radical (unpaired) electrons. The van der Waals surface area contributed by atoms with E-state index in [0.29, 0.717) is 15.6 Å². The lowest BCUT2D eigenvalue weighted by molar-refractivity contribution is 0.445. The molecule has 1 aromatic heterocycles. The number of tetrazole rings is 1. The quantitative estimate of drug-likeness (QED) is 0.358. The summed E-state index contributed by atoms with van der Waals surface area (Å²) in [6.07, 6.45) is 0. The van der Waals surface area contributed by atoms with E-state index in [1.54, 1.807) is 11.6 Å². The molecule has 1 aliphatic heterocycles. The molecule has 8 nitrogen and oxygen atoms in total. The summed E-state index contributed by atoms with van der Waals surface area (Å²) in [5.74, 6) is 0.201. The van der Waals surface area contributed by atoms with Crippen LogP contribution in [0.2, 0.25) is 0 Å². The summed E-state index contributed by atoms with van der Waals surface area (Å²) in [6.45, 7) is 3.77. The van der Waals surface area contributed by atoms with Gasteiger partial charge in [-0.25, -0.2) is 0 Å². The summed E-state index contributed by atoms with van der Waals surface area (Å²) < 4.78 is 1.57. The topological polar surface area (TPSA) is 108 Å². The van der Waals surface area contributed by atoms with Gasteiger partial charge in [0, 0.05) is 13.1 Å². The van der Waals surface area contributed by atoms with E-state index in [2.05, 4.69) is 38.3 Å². The standard InChI is InChI=1S/C14H12N4O2S.C8H10N2/c1-9-7-12(20)13(8-11(9)19)21-14-15-16-17-18(14)10-5-3-2-4-6-10;1-2-4-8-7(3-1)9-5-6-10-8/h2-8,19-20H,1H3;1-4,9-10H,5-6H2. The predicted molar refractivity (Wildman–Crippen MR) is 121 cm³/mol. The molecule has 0 unspecified atom stereocenters. The van der Waals surface area contributed by atoms with Gasteiger partial charge >= 0.3 is 0 Å². The molecule has 158 valence electrons. The molecule has 2 heterocycles. The van der Waals surface area contributed by atoms with Gasteiger partial charge in [0.1, 0.15) is 11.5 Å².